The predicted octanol–water partition coefficient (Wildman–Crippen LogP) is 2.27. The minimum absolute atomic E-state index is 0.665. The van der Waals surface area contributed by atoms with Crippen LogP contribution in [0.3, 0.4) is 0 Å². The molecule has 2 rings (SSSR count). The number of hydrogen-bond donors (Lipinski definition) is 1. The van der Waals surface area contributed by atoms with Crippen LogP contribution in [0.1, 0.15) is 31.0 Å². The van der Waals surface area contributed by atoms with Crippen molar-refractivity contribution >= 4 is 11.3 Å². The van der Waals surface area contributed by atoms with Gasteiger partial charge in [-0.25, -0.2) is 4.98 Å². The standard InChI is InChI=1S/C13H23N3S/c1-4-10(2)12-7-14-5-6-16(12)8-13-15-11(3)9-17-13/h9-10,12,14H,4-8H2,1-3H3. The Morgan fingerprint density at radius 2 is 2.47 bits per heavy atom. The highest BCUT2D eigenvalue weighted by atomic mass is 32.1. The van der Waals surface area contributed by atoms with Crippen LogP contribution in [0, 0.1) is 12.8 Å². The summed E-state index contributed by atoms with van der Waals surface area (Å²) in [6.45, 7) is 11.1. The third-order valence-corrected chi connectivity index (χ3v) is 4.66. The Hall–Kier alpha value is -0.450. The Labute approximate surface area is 108 Å². The first-order valence-electron chi connectivity index (χ1n) is 6.56. The van der Waals surface area contributed by atoms with Crippen molar-refractivity contribution in [3.05, 3.63) is 16.1 Å². The lowest BCUT2D eigenvalue weighted by Crippen LogP contribution is -2.53. The molecule has 2 unspecified atom stereocenters. The molecule has 0 aliphatic carbocycles. The third-order valence-electron chi connectivity index (χ3n) is 3.70. The number of piperazine rings is 1. The Kier molecular flexibility index (Phi) is 4.54. The van der Waals surface area contributed by atoms with E-state index in [4.69, 9.17) is 0 Å². The molecule has 1 saturated heterocycles. The van der Waals surface area contributed by atoms with Crippen molar-refractivity contribution in [3.8, 4) is 0 Å². The lowest BCUT2D eigenvalue weighted by Gasteiger charge is -2.39. The Bertz CT molecular complexity index is 350. The molecule has 1 fully saturated rings. The van der Waals surface area contributed by atoms with Crippen molar-refractivity contribution in [2.45, 2.75) is 39.8 Å². The summed E-state index contributed by atoms with van der Waals surface area (Å²) in [5.41, 5.74) is 1.15. The lowest BCUT2D eigenvalue weighted by molar-refractivity contribution is 0.109. The van der Waals surface area contributed by atoms with E-state index < -0.39 is 0 Å². The maximum absolute atomic E-state index is 4.58. The van der Waals surface area contributed by atoms with Crippen molar-refractivity contribution in [2.24, 2.45) is 5.92 Å². The van der Waals surface area contributed by atoms with Gasteiger partial charge in [0.15, 0.2) is 0 Å². The van der Waals surface area contributed by atoms with Crippen molar-refractivity contribution in [2.75, 3.05) is 19.6 Å². The fourth-order valence-corrected chi connectivity index (χ4v) is 3.24. The fraction of sp³-hybridized carbons (Fsp3) is 0.769. The number of nitrogens with zero attached hydrogens (tertiary/aromatic N) is 2. The van der Waals surface area contributed by atoms with Gasteiger partial charge in [-0.05, 0) is 12.8 Å². The molecule has 1 aliphatic rings. The zero-order valence-electron chi connectivity index (χ0n) is 11.1. The Balaban J connectivity index is 2.01. The highest BCUT2D eigenvalue weighted by Crippen LogP contribution is 2.20. The van der Waals surface area contributed by atoms with Crippen LogP contribution in [0.25, 0.3) is 0 Å². The maximum atomic E-state index is 4.58. The zero-order chi connectivity index (χ0) is 12.3. The van der Waals surface area contributed by atoms with Crippen LogP contribution in [-0.4, -0.2) is 35.6 Å². The fourth-order valence-electron chi connectivity index (χ4n) is 2.45. The van der Waals surface area contributed by atoms with Gasteiger partial charge < -0.3 is 5.32 Å². The normalized spacial score (nSPS) is 23.8. The summed E-state index contributed by atoms with van der Waals surface area (Å²) < 4.78 is 0. The average Bonchev–Trinajstić information content (AvgIpc) is 2.74. The molecule has 2 heterocycles. The maximum Gasteiger partial charge on any atom is 0.107 e. The molecule has 1 aliphatic heterocycles. The molecule has 0 saturated carbocycles. The van der Waals surface area contributed by atoms with Gasteiger partial charge in [-0.15, -0.1) is 11.3 Å². The van der Waals surface area contributed by atoms with E-state index in [1.54, 1.807) is 11.3 Å². The quantitative estimate of drug-likeness (QED) is 0.892. The van der Waals surface area contributed by atoms with Gasteiger partial charge in [-0.1, -0.05) is 20.3 Å². The first kappa shape index (κ1) is 13.0. The molecule has 0 aromatic carbocycles. The van der Waals surface area contributed by atoms with Gasteiger partial charge in [0, 0.05) is 36.8 Å². The van der Waals surface area contributed by atoms with Gasteiger partial charge in [-0.2, -0.15) is 0 Å². The number of rotatable bonds is 4. The van der Waals surface area contributed by atoms with E-state index in [0.29, 0.717) is 6.04 Å². The SMILES string of the molecule is CCC(C)C1CNCCN1Cc1nc(C)cs1. The second-order valence-electron chi connectivity index (χ2n) is 5.01. The molecule has 1 aromatic heterocycles. The van der Waals surface area contributed by atoms with Crippen molar-refractivity contribution in [1.82, 2.24) is 15.2 Å². The Morgan fingerprint density at radius 3 is 3.12 bits per heavy atom. The summed E-state index contributed by atoms with van der Waals surface area (Å²) in [5, 5.41) is 6.92. The van der Waals surface area contributed by atoms with E-state index in [0.717, 1.165) is 37.8 Å². The third kappa shape index (κ3) is 3.27. The van der Waals surface area contributed by atoms with Crippen LogP contribution in [0.2, 0.25) is 0 Å². The van der Waals surface area contributed by atoms with Crippen LogP contribution in [0.5, 0.6) is 0 Å². The summed E-state index contributed by atoms with van der Waals surface area (Å²) in [5.74, 6) is 0.754. The van der Waals surface area contributed by atoms with Crippen LogP contribution < -0.4 is 5.32 Å². The molecule has 0 spiro atoms. The summed E-state index contributed by atoms with van der Waals surface area (Å²) in [4.78, 5) is 7.18. The molecule has 1 N–H and O–H groups in total. The van der Waals surface area contributed by atoms with Crippen LogP contribution in [0.4, 0.5) is 0 Å². The van der Waals surface area contributed by atoms with Crippen molar-refractivity contribution in [1.29, 1.82) is 0 Å². The van der Waals surface area contributed by atoms with Crippen LogP contribution >= 0.6 is 11.3 Å². The second-order valence-corrected chi connectivity index (χ2v) is 5.95. The van der Waals surface area contributed by atoms with E-state index >= 15 is 0 Å². The predicted molar refractivity (Wildman–Crippen MR) is 73.4 cm³/mol. The number of aromatic nitrogens is 1. The molecular formula is C13H23N3S. The van der Waals surface area contributed by atoms with E-state index in [9.17, 15) is 0 Å². The molecular weight excluding hydrogens is 230 g/mol. The zero-order valence-corrected chi connectivity index (χ0v) is 11.9. The summed E-state index contributed by atoms with van der Waals surface area (Å²) in [6.07, 6.45) is 1.25. The molecule has 0 radical (unpaired) electrons. The van der Waals surface area contributed by atoms with Gasteiger partial charge in [0.25, 0.3) is 0 Å². The first-order valence-corrected chi connectivity index (χ1v) is 7.44. The van der Waals surface area contributed by atoms with Gasteiger partial charge in [0.05, 0.1) is 6.54 Å². The van der Waals surface area contributed by atoms with E-state index in [1.807, 2.05) is 0 Å². The molecule has 1 aromatic rings. The van der Waals surface area contributed by atoms with Crippen molar-refractivity contribution < 1.29 is 0 Å². The molecule has 17 heavy (non-hydrogen) atoms. The number of thiazole rings is 1. The largest absolute Gasteiger partial charge is 0.314 e. The summed E-state index contributed by atoms with van der Waals surface area (Å²) in [6, 6.07) is 0.665. The highest BCUT2D eigenvalue weighted by Gasteiger charge is 2.26. The minimum Gasteiger partial charge on any atom is -0.314 e. The van der Waals surface area contributed by atoms with Gasteiger partial charge >= 0.3 is 0 Å². The molecule has 0 amide bonds. The summed E-state index contributed by atoms with van der Waals surface area (Å²) in [7, 11) is 0. The van der Waals surface area contributed by atoms with E-state index in [-0.39, 0.29) is 0 Å². The number of nitrogens with one attached hydrogen (secondary N) is 1. The molecule has 96 valence electrons. The second kappa shape index (κ2) is 5.94. The van der Waals surface area contributed by atoms with Gasteiger partial charge in [0.2, 0.25) is 0 Å². The molecule has 4 heteroatoms. The van der Waals surface area contributed by atoms with Crippen LogP contribution in [-0.2, 0) is 6.54 Å². The van der Waals surface area contributed by atoms with Crippen LogP contribution in [0.15, 0.2) is 5.38 Å². The molecule has 3 nitrogen and oxygen atoms in total. The number of aryl methyl sites for hydroxylation is 1. The van der Waals surface area contributed by atoms with Gasteiger partial charge in [-0.3, -0.25) is 4.90 Å². The topological polar surface area (TPSA) is 28.2 Å². The molecule has 2 atom stereocenters. The Morgan fingerprint density at radius 1 is 1.65 bits per heavy atom. The minimum atomic E-state index is 0.665. The average molecular weight is 253 g/mol. The lowest BCUT2D eigenvalue weighted by atomic mass is 9.96. The van der Waals surface area contributed by atoms with Gasteiger partial charge in [0.1, 0.15) is 5.01 Å². The molecule has 0 bridgehead atoms. The highest BCUT2D eigenvalue weighted by molar-refractivity contribution is 7.09. The van der Waals surface area contributed by atoms with E-state index in [1.165, 1.54) is 11.4 Å². The number of hydrogen-bond acceptors (Lipinski definition) is 4. The monoisotopic (exact) mass is 253 g/mol. The van der Waals surface area contributed by atoms with Crippen molar-refractivity contribution in [3.63, 3.8) is 0 Å². The van der Waals surface area contributed by atoms with E-state index in [2.05, 4.69) is 41.4 Å². The summed E-state index contributed by atoms with van der Waals surface area (Å²) >= 11 is 1.79. The smallest absolute Gasteiger partial charge is 0.107 e. The first-order chi connectivity index (χ1) is 8.20.